The molecule has 0 unspecified atom stereocenters. The van der Waals surface area contributed by atoms with E-state index in [0.717, 1.165) is 27.4 Å². The van der Waals surface area contributed by atoms with Gasteiger partial charge in [0.05, 0.1) is 12.0 Å². The highest BCUT2D eigenvalue weighted by atomic mass is 32.2. The normalized spacial score (nSPS) is 11.2. The Kier molecular flexibility index (Phi) is 6.65. The van der Waals surface area contributed by atoms with Crippen LogP contribution < -0.4 is 5.32 Å². The van der Waals surface area contributed by atoms with Crippen LogP contribution in [0, 0.1) is 13.8 Å². The van der Waals surface area contributed by atoms with E-state index in [1.165, 1.54) is 22.2 Å². The summed E-state index contributed by atoms with van der Waals surface area (Å²) >= 11 is 3.11. The van der Waals surface area contributed by atoms with Crippen LogP contribution in [0.3, 0.4) is 0 Å². The second kappa shape index (κ2) is 9.16. The van der Waals surface area contributed by atoms with E-state index in [4.69, 9.17) is 9.15 Å². The van der Waals surface area contributed by atoms with Gasteiger partial charge in [-0.3, -0.25) is 4.79 Å². The van der Waals surface area contributed by atoms with Crippen LogP contribution in [0.15, 0.2) is 34.2 Å². The molecule has 0 saturated heterocycles. The molecule has 8 heteroatoms. The number of carbonyl (C=O) groups is 1. The van der Waals surface area contributed by atoms with Gasteiger partial charge in [-0.2, -0.15) is 0 Å². The van der Waals surface area contributed by atoms with E-state index < -0.39 is 0 Å². The molecular formula is C18H21N3O3S2. The fraction of sp³-hybridized carbons (Fsp3) is 0.389. The Morgan fingerprint density at radius 2 is 2.27 bits per heavy atom. The maximum Gasteiger partial charge on any atom is 0.230 e. The molecule has 6 nitrogen and oxygen atoms in total. The molecule has 0 aliphatic rings. The number of nitrogens with one attached hydrogen (secondary N) is 1. The summed E-state index contributed by atoms with van der Waals surface area (Å²) in [6.07, 6.45) is 3.95. The average Bonchev–Trinajstić information content (AvgIpc) is 3.25. The van der Waals surface area contributed by atoms with Crippen LogP contribution in [0.25, 0.3) is 10.2 Å². The number of hydrogen-bond donors (Lipinski definition) is 1. The van der Waals surface area contributed by atoms with Crippen molar-refractivity contribution >= 4 is 39.2 Å². The second-order valence-electron chi connectivity index (χ2n) is 5.77. The Labute approximate surface area is 160 Å². The van der Waals surface area contributed by atoms with E-state index in [9.17, 15) is 4.79 Å². The Morgan fingerprint density at radius 3 is 3.08 bits per heavy atom. The largest absolute Gasteiger partial charge is 0.467 e. The van der Waals surface area contributed by atoms with Gasteiger partial charge in [-0.05, 0) is 38.0 Å². The van der Waals surface area contributed by atoms with Crippen molar-refractivity contribution in [3.05, 3.63) is 40.9 Å². The van der Waals surface area contributed by atoms with E-state index in [1.54, 1.807) is 23.9 Å². The fourth-order valence-corrected chi connectivity index (χ4v) is 4.36. The van der Waals surface area contributed by atoms with Crippen LogP contribution in [-0.4, -0.2) is 34.8 Å². The maximum absolute atomic E-state index is 12.0. The number of hydrogen-bond acceptors (Lipinski definition) is 7. The molecule has 0 aliphatic carbocycles. The zero-order valence-electron chi connectivity index (χ0n) is 14.8. The van der Waals surface area contributed by atoms with Gasteiger partial charge >= 0.3 is 0 Å². The molecule has 26 heavy (non-hydrogen) atoms. The lowest BCUT2D eigenvalue weighted by atomic mass is 10.2. The highest BCUT2D eigenvalue weighted by Crippen LogP contribution is 2.34. The summed E-state index contributed by atoms with van der Waals surface area (Å²) in [5.41, 5.74) is 1.20. The molecule has 0 fully saturated rings. The first kappa shape index (κ1) is 18.9. The molecule has 3 rings (SSSR count). The number of aryl methyl sites for hydroxylation is 2. The van der Waals surface area contributed by atoms with Gasteiger partial charge in [0.15, 0.2) is 0 Å². The third kappa shape index (κ3) is 4.84. The number of aromatic nitrogens is 2. The summed E-state index contributed by atoms with van der Waals surface area (Å²) in [6.45, 7) is 5.78. The van der Waals surface area contributed by atoms with Crippen molar-refractivity contribution in [3.8, 4) is 0 Å². The molecule has 1 amide bonds. The standard InChI is InChI=1S/C18H21N3O3S2/c1-12-13(2)26-18-16(12)17(20-11-21-18)25-10-15(22)19-6-4-7-23-9-14-5-3-8-24-14/h3,5,8,11H,4,6-7,9-10H2,1-2H3,(H,19,22). The number of fused-ring (bicyclic) bond motifs is 1. The highest BCUT2D eigenvalue weighted by molar-refractivity contribution is 8.00. The third-order valence-corrected chi connectivity index (χ3v) is 5.99. The van der Waals surface area contributed by atoms with Gasteiger partial charge in [-0.1, -0.05) is 11.8 Å². The maximum atomic E-state index is 12.0. The molecular weight excluding hydrogens is 370 g/mol. The van der Waals surface area contributed by atoms with Gasteiger partial charge in [-0.15, -0.1) is 11.3 Å². The summed E-state index contributed by atoms with van der Waals surface area (Å²) in [5, 5.41) is 4.85. The van der Waals surface area contributed by atoms with Gasteiger partial charge in [-0.25, -0.2) is 9.97 Å². The van der Waals surface area contributed by atoms with Crippen LogP contribution in [0.4, 0.5) is 0 Å². The third-order valence-electron chi connectivity index (χ3n) is 3.88. The number of nitrogens with zero attached hydrogens (tertiary/aromatic N) is 2. The molecule has 1 N–H and O–H groups in total. The van der Waals surface area contributed by atoms with E-state index in [-0.39, 0.29) is 5.91 Å². The van der Waals surface area contributed by atoms with Crippen molar-refractivity contribution in [3.63, 3.8) is 0 Å². The lowest BCUT2D eigenvalue weighted by Crippen LogP contribution is -2.26. The quantitative estimate of drug-likeness (QED) is 0.340. The van der Waals surface area contributed by atoms with Crippen LogP contribution in [-0.2, 0) is 16.1 Å². The number of rotatable bonds is 9. The zero-order chi connectivity index (χ0) is 18.4. The molecule has 0 aromatic carbocycles. The number of thiophene rings is 1. The van der Waals surface area contributed by atoms with E-state index in [0.29, 0.717) is 25.5 Å². The number of amides is 1. The van der Waals surface area contributed by atoms with Crippen LogP contribution in [0.2, 0.25) is 0 Å². The smallest absolute Gasteiger partial charge is 0.230 e. The summed E-state index contributed by atoms with van der Waals surface area (Å²) in [4.78, 5) is 22.9. The lowest BCUT2D eigenvalue weighted by Gasteiger charge is -2.06. The minimum absolute atomic E-state index is 0.00241. The molecule has 0 spiro atoms. The predicted octanol–water partition coefficient (Wildman–Crippen LogP) is 3.72. The number of ether oxygens (including phenoxy) is 1. The monoisotopic (exact) mass is 391 g/mol. The minimum atomic E-state index is -0.00241. The van der Waals surface area contributed by atoms with E-state index in [1.807, 2.05) is 12.1 Å². The zero-order valence-corrected chi connectivity index (χ0v) is 16.4. The van der Waals surface area contributed by atoms with E-state index in [2.05, 4.69) is 29.1 Å². The predicted molar refractivity (Wildman–Crippen MR) is 104 cm³/mol. The first-order chi connectivity index (χ1) is 12.6. The van der Waals surface area contributed by atoms with Crippen molar-refractivity contribution in [2.24, 2.45) is 0 Å². The molecule has 3 heterocycles. The molecule has 0 radical (unpaired) electrons. The SMILES string of the molecule is Cc1sc2ncnc(SCC(=O)NCCCOCc3ccco3)c2c1C. The molecule has 3 aromatic rings. The van der Waals surface area contributed by atoms with Gasteiger partial charge in [0.1, 0.15) is 28.6 Å². The second-order valence-corrected chi connectivity index (χ2v) is 7.93. The Balaban J connectivity index is 1.38. The molecule has 0 atom stereocenters. The molecule has 3 aromatic heterocycles. The lowest BCUT2D eigenvalue weighted by molar-refractivity contribution is -0.118. The fourth-order valence-electron chi connectivity index (χ4n) is 2.41. The molecule has 0 saturated carbocycles. The minimum Gasteiger partial charge on any atom is -0.467 e. The van der Waals surface area contributed by atoms with Gasteiger partial charge in [0.2, 0.25) is 5.91 Å². The van der Waals surface area contributed by atoms with Crippen molar-refractivity contribution < 1.29 is 13.9 Å². The van der Waals surface area contributed by atoms with Crippen LogP contribution >= 0.6 is 23.1 Å². The summed E-state index contributed by atoms with van der Waals surface area (Å²) < 4.78 is 10.7. The van der Waals surface area contributed by atoms with Crippen molar-refractivity contribution in [2.75, 3.05) is 18.9 Å². The first-order valence-electron chi connectivity index (χ1n) is 8.35. The Morgan fingerprint density at radius 1 is 1.38 bits per heavy atom. The van der Waals surface area contributed by atoms with Crippen molar-refractivity contribution in [2.45, 2.75) is 31.9 Å². The topological polar surface area (TPSA) is 77.2 Å². The summed E-state index contributed by atoms with van der Waals surface area (Å²) in [7, 11) is 0. The van der Waals surface area contributed by atoms with Gasteiger partial charge in [0, 0.05) is 23.4 Å². The van der Waals surface area contributed by atoms with Gasteiger partial charge in [0.25, 0.3) is 0 Å². The average molecular weight is 392 g/mol. The van der Waals surface area contributed by atoms with Crippen LogP contribution in [0.1, 0.15) is 22.6 Å². The summed E-state index contributed by atoms with van der Waals surface area (Å²) in [6, 6.07) is 3.71. The Hall–Kier alpha value is -1.90. The van der Waals surface area contributed by atoms with Gasteiger partial charge < -0.3 is 14.5 Å². The number of carbonyl (C=O) groups excluding carboxylic acids is 1. The van der Waals surface area contributed by atoms with Crippen LogP contribution in [0.5, 0.6) is 0 Å². The van der Waals surface area contributed by atoms with E-state index >= 15 is 0 Å². The van der Waals surface area contributed by atoms with Crippen molar-refractivity contribution in [1.29, 1.82) is 0 Å². The summed E-state index contributed by atoms with van der Waals surface area (Å²) in [5.74, 6) is 1.14. The van der Waals surface area contributed by atoms with Crippen molar-refractivity contribution in [1.82, 2.24) is 15.3 Å². The Bertz CT molecular complexity index is 862. The first-order valence-corrected chi connectivity index (χ1v) is 10.2. The number of thioether (sulfide) groups is 1. The highest BCUT2D eigenvalue weighted by Gasteiger charge is 2.13. The molecule has 0 aliphatic heterocycles. The molecule has 0 bridgehead atoms. The molecule has 138 valence electrons. The number of furan rings is 1.